The van der Waals surface area contributed by atoms with E-state index in [1.165, 1.54) is 19.2 Å². The van der Waals surface area contributed by atoms with E-state index >= 15 is 0 Å². The SMILES string of the molecule is C.C=C(OC)[C@H](Cc1ccc(O)cc1)N(C)C.CC(CO)CC(C)(C)C(C)O.CC(CO)CC(C)(C)C(C)ON1C(=O)c2ccccc2C1=O.CC(CO)CC(C)(C)C(C)ON1C(=O)c2ccccc2C1=O.COC(=O)[C@H](Cc1ccc(OCC(C)CC(C)(C)C(C)ON2C(=O)c3ccccc3C2=O)cc1)N(C)C.O=C1c2ccccc2C(=O)N1O.[Pa].[Pa]. The van der Waals surface area contributed by atoms with Gasteiger partial charge in [-0.2, -0.15) is 0 Å². The van der Waals surface area contributed by atoms with Crippen LogP contribution in [0.5, 0.6) is 11.5 Å². The molecule has 0 spiro atoms. The van der Waals surface area contributed by atoms with Gasteiger partial charge in [0.15, 0.2) is 0 Å². The topological polar surface area (TPSA) is 350 Å². The molecular weight excluding hydrogens is 2010 g/mol. The molecule has 2 radical (unpaired) electrons. The molecular formula is C94H132N6O21Pa2. The summed E-state index contributed by atoms with van der Waals surface area (Å²) < 4.78 is 16.1. The Morgan fingerprint density at radius 3 is 0.927 bits per heavy atom. The van der Waals surface area contributed by atoms with Gasteiger partial charge < -0.3 is 39.7 Å². The smallest absolute Gasteiger partial charge is 0.323 e. The molecule has 0 saturated carbocycles. The van der Waals surface area contributed by atoms with Crippen LogP contribution in [0.1, 0.15) is 238 Å². The number of aliphatic hydroxyl groups excluding tert-OH is 4. The van der Waals surface area contributed by atoms with Gasteiger partial charge in [0.05, 0.1) is 95.8 Å². The van der Waals surface area contributed by atoms with E-state index < -0.39 is 47.3 Å². The van der Waals surface area contributed by atoms with Gasteiger partial charge in [-0.05, 0) is 224 Å². The number of carbonyl (C=O) groups is 9. The second-order valence-corrected chi connectivity index (χ2v) is 34.7. The minimum atomic E-state index is -0.657. The molecule has 10 atom stereocenters. The molecule has 0 aromatic heterocycles. The van der Waals surface area contributed by atoms with Crippen molar-refractivity contribution in [1.29, 1.82) is 0 Å². The molecule has 6 aromatic rings. The summed E-state index contributed by atoms with van der Waals surface area (Å²) in [5, 5.41) is 57.4. The molecule has 4 aliphatic heterocycles. The molecule has 6 aromatic carbocycles. The third kappa shape index (κ3) is 31.1. The number of phenols is 1. The van der Waals surface area contributed by atoms with Crippen LogP contribution in [0, 0.1) is 110 Å². The number of nitrogens with zero attached hydrogens (tertiary/aromatic N) is 6. The zero-order chi connectivity index (χ0) is 90.2. The number of fused-ring (bicyclic) bond motifs is 4. The van der Waals surface area contributed by atoms with Crippen LogP contribution in [0.4, 0.5) is 0 Å². The number of rotatable bonds is 33. The van der Waals surface area contributed by atoms with Crippen LogP contribution < -0.4 is 4.74 Å². The molecule has 123 heavy (non-hydrogen) atoms. The Morgan fingerprint density at radius 1 is 0.407 bits per heavy atom. The Hall–Kier alpha value is -7.73. The van der Waals surface area contributed by atoms with Crippen molar-refractivity contribution in [3.8, 4) is 11.5 Å². The van der Waals surface area contributed by atoms with E-state index in [1.54, 1.807) is 111 Å². The molecule has 670 valence electrons. The Morgan fingerprint density at radius 2 is 0.667 bits per heavy atom. The van der Waals surface area contributed by atoms with Crippen LogP contribution in [-0.4, -0.2) is 219 Å². The van der Waals surface area contributed by atoms with Crippen LogP contribution in [0.25, 0.3) is 0 Å². The Kier molecular flexibility index (Phi) is 45.8. The molecule has 0 saturated heterocycles. The molecule has 0 bridgehead atoms. The molecule has 6 N–H and O–H groups in total. The van der Waals surface area contributed by atoms with Gasteiger partial charge in [-0.25, -0.2) is 0 Å². The third-order valence-corrected chi connectivity index (χ3v) is 22.3. The van der Waals surface area contributed by atoms with Crippen molar-refractivity contribution in [3.05, 3.63) is 214 Å². The summed E-state index contributed by atoms with van der Waals surface area (Å²) in [5.41, 5.74) is 3.95. The first kappa shape index (κ1) is 111. The summed E-state index contributed by atoms with van der Waals surface area (Å²) in [6, 6.07) is 41.2. The van der Waals surface area contributed by atoms with Crippen LogP contribution in [0.3, 0.4) is 0 Å². The number of methoxy groups -OCH3 is 2. The van der Waals surface area contributed by atoms with Crippen molar-refractivity contribution >= 4 is 53.2 Å². The summed E-state index contributed by atoms with van der Waals surface area (Å²) in [6.07, 6.45) is 3.08. The van der Waals surface area contributed by atoms with Crippen molar-refractivity contribution in [3.63, 3.8) is 0 Å². The third-order valence-electron chi connectivity index (χ3n) is 22.3. The minimum absolute atomic E-state index is 0. The summed E-state index contributed by atoms with van der Waals surface area (Å²) >= 11 is 0. The maximum Gasteiger partial charge on any atom is 0.323 e. The van der Waals surface area contributed by atoms with Gasteiger partial charge >= 0.3 is 5.97 Å². The number of hydroxylamine groups is 8. The van der Waals surface area contributed by atoms with Gasteiger partial charge in [-0.1, -0.05) is 170 Å². The van der Waals surface area contributed by atoms with Gasteiger partial charge in [-0.15, -0.1) is 20.3 Å². The monoisotopic (exact) mass is 2140 g/mol. The molecule has 4 aliphatic rings. The number of carbonyl (C=O) groups excluding carboxylic acids is 9. The van der Waals surface area contributed by atoms with E-state index in [-0.39, 0.29) is 202 Å². The predicted octanol–water partition coefficient (Wildman–Crippen LogP) is 14.4. The first-order chi connectivity index (χ1) is 56.1. The molecule has 8 unspecified atom stereocenters. The van der Waals surface area contributed by atoms with E-state index in [1.807, 2.05) is 153 Å². The van der Waals surface area contributed by atoms with E-state index in [2.05, 4.69) is 32.3 Å². The van der Waals surface area contributed by atoms with Crippen LogP contribution in [0.15, 0.2) is 158 Å². The summed E-state index contributed by atoms with van der Waals surface area (Å²) in [6.45, 7) is 36.3. The predicted molar refractivity (Wildman–Crippen MR) is 462 cm³/mol. The Labute approximate surface area is 776 Å². The van der Waals surface area contributed by atoms with Crippen LogP contribution >= 0.6 is 0 Å². The van der Waals surface area contributed by atoms with E-state index in [0.29, 0.717) is 46.4 Å². The van der Waals surface area contributed by atoms with E-state index in [9.17, 15) is 63.6 Å². The zero-order valence-corrected chi connectivity index (χ0v) is 84.7. The number of hydrogen-bond donors (Lipinski definition) is 6. The number of phenolic OH excluding ortho intramolecular Hbond substituents is 1. The number of amides is 8. The number of esters is 1. The molecule has 0 aliphatic carbocycles. The summed E-state index contributed by atoms with van der Waals surface area (Å²) in [7, 11) is 10.7. The van der Waals surface area contributed by atoms with Gasteiger partial charge in [0, 0.05) is 84.4 Å². The number of hydrogen-bond acceptors (Lipinski definition) is 23. The van der Waals surface area contributed by atoms with Gasteiger partial charge in [0.2, 0.25) is 0 Å². The fourth-order valence-corrected chi connectivity index (χ4v) is 13.8. The molecule has 27 nitrogen and oxygen atoms in total. The van der Waals surface area contributed by atoms with Crippen molar-refractivity contribution in [2.24, 2.45) is 45.3 Å². The molecule has 0 fully saturated rings. The first-order valence-electron chi connectivity index (χ1n) is 40.4. The molecule has 8 amide bonds. The number of benzene rings is 6. The van der Waals surface area contributed by atoms with Crippen molar-refractivity contribution in [1.82, 2.24) is 30.1 Å². The first-order valence-corrected chi connectivity index (χ1v) is 40.4. The van der Waals surface area contributed by atoms with Crippen LogP contribution in [-0.2, 0) is 41.6 Å². The molecule has 4 heterocycles. The number of aromatic hydroxyl groups is 1. The van der Waals surface area contributed by atoms with Crippen molar-refractivity contribution in [2.75, 3.05) is 68.8 Å². The van der Waals surface area contributed by atoms with E-state index in [0.717, 1.165) is 69.9 Å². The maximum atomic E-state index is 12.7. The normalized spacial score (nSPS) is 15.8. The Bertz CT molecular complexity index is 4220. The van der Waals surface area contributed by atoms with Crippen molar-refractivity contribution < 1.29 is 167 Å². The summed E-state index contributed by atoms with van der Waals surface area (Å²) in [4.78, 5) is 130. The average molecular weight is 2140 g/mol. The van der Waals surface area contributed by atoms with Gasteiger partial charge in [0.25, 0.3) is 47.3 Å². The van der Waals surface area contributed by atoms with Gasteiger partial charge in [-0.3, -0.25) is 72.7 Å². The summed E-state index contributed by atoms with van der Waals surface area (Å²) in [5.74, 6) is -1.58. The van der Waals surface area contributed by atoms with Gasteiger partial charge in [0.1, 0.15) is 23.3 Å². The number of ether oxygens (including phenoxy) is 3. The second-order valence-electron chi connectivity index (χ2n) is 34.7. The molecule has 10 rings (SSSR count). The van der Waals surface area contributed by atoms with E-state index in [4.69, 9.17) is 39.0 Å². The quantitative estimate of drug-likeness (QED) is 0.00964. The maximum absolute atomic E-state index is 12.7. The largest absolute Gasteiger partial charge is 0.508 e. The number of imide groups is 4. The Balaban J connectivity index is 0.000000523. The number of likely N-dealkylation sites (N-methyl/N-ethyl adjacent to an activating group) is 2. The fraction of sp³-hybridized carbons (Fsp3) is 0.500. The van der Waals surface area contributed by atoms with Crippen LogP contribution in [0.2, 0.25) is 0 Å². The zero-order valence-electron chi connectivity index (χ0n) is 75.1. The number of aliphatic hydroxyl groups is 4. The van der Waals surface area contributed by atoms with Crippen molar-refractivity contribution in [2.45, 2.75) is 193 Å². The second kappa shape index (κ2) is 50.6. The average Bonchev–Trinajstić information content (AvgIpc) is 1.68. The fourth-order valence-electron chi connectivity index (χ4n) is 13.8. The standard InChI is InChI=1S/C29H38N2O6.2C17H23NO4.C13H19NO2.C9H20O2.C8H5NO3.CH4.2Pa/c1-19(18-36-22-14-12-21(13-15-22)16-25(30(5)6)28(34)35-7)17-29(3,4)20(2)37-31-26(32)23-10-8-9-11-24(23)27(31)33;2*1-11(10-19)9-17(3,4)12(2)22-18-15(20)13-7-5-6-8-14(13)16(18)21;1-10(16-4)13(14(2)3)9-11-5-7-12(15)8-6-11;1-7(6-10)5-9(3,4)8(2)11;10-7-5-3-1-2-4-6(5)8(11)9(7)12;;;/h8-15,19-20,25H,16-18H2,1-7H3;2*5-8,11-12,19H,9-10H2,1-4H3;5-8,13,15H,1,9H2,2-4H3;7-8,10-11H,5-6H2,1-4H3;1-4,12H;1H4;;/t19?,20?,25-;;;13-;;;;;/m0..0...../s1. The molecule has 29 heteroatoms. The minimum Gasteiger partial charge on any atom is -0.508 e.